The van der Waals surface area contributed by atoms with Crippen molar-refractivity contribution in [3.8, 4) is 22.6 Å². The molecule has 0 bridgehead atoms. The second-order valence-corrected chi connectivity index (χ2v) is 7.88. The molecule has 0 unspecified atom stereocenters. The number of pyridine rings is 1. The van der Waals surface area contributed by atoms with Crippen LogP contribution in [0.15, 0.2) is 55.0 Å². The largest absolute Gasteiger partial charge is 0.466 e. The molecule has 1 aliphatic rings. The maximum atomic E-state index is 13.4. The monoisotopic (exact) mass is 430 g/mol. The Hall–Kier alpha value is -3.61. The molecule has 0 saturated carbocycles. The van der Waals surface area contributed by atoms with E-state index in [1.54, 1.807) is 30.4 Å². The molecule has 1 saturated heterocycles. The molecule has 0 spiro atoms. The predicted octanol–water partition coefficient (Wildman–Crippen LogP) is 3.93. The van der Waals surface area contributed by atoms with Crippen LogP contribution in [0.5, 0.6) is 0 Å². The SMILES string of the molecule is CCOC(=O)C1CCN(C(=O)c2cnc(-c3ccc(C)cc3)nc2-c2ccncc2)CC1. The van der Waals surface area contributed by atoms with E-state index in [4.69, 9.17) is 9.72 Å². The molecule has 1 amide bonds. The van der Waals surface area contributed by atoms with Crippen molar-refractivity contribution in [2.24, 2.45) is 5.92 Å². The van der Waals surface area contributed by atoms with Crippen molar-refractivity contribution < 1.29 is 14.3 Å². The number of ether oxygens (including phenoxy) is 1. The Morgan fingerprint density at radius 3 is 2.38 bits per heavy atom. The van der Waals surface area contributed by atoms with E-state index in [0.717, 1.165) is 16.7 Å². The van der Waals surface area contributed by atoms with Gasteiger partial charge in [-0.05, 0) is 38.8 Å². The maximum Gasteiger partial charge on any atom is 0.309 e. The topological polar surface area (TPSA) is 85.3 Å². The molecule has 164 valence electrons. The molecule has 7 heteroatoms. The van der Waals surface area contributed by atoms with Gasteiger partial charge in [-0.2, -0.15) is 0 Å². The minimum atomic E-state index is -0.178. The lowest BCUT2D eigenvalue weighted by Crippen LogP contribution is -2.41. The van der Waals surface area contributed by atoms with Crippen molar-refractivity contribution in [1.29, 1.82) is 0 Å². The summed E-state index contributed by atoms with van der Waals surface area (Å²) in [6, 6.07) is 11.6. The minimum Gasteiger partial charge on any atom is -0.466 e. The predicted molar refractivity (Wildman–Crippen MR) is 121 cm³/mol. The van der Waals surface area contributed by atoms with Crippen LogP contribution in [0.1, 0.15) is 35.7 Å². The fraction of sp³-hybridized carbons (Fsp3) is 0.320. The zero-order valence-corrected chi connectivity index (χ0v) is 18.3. The molecule has 0 aliphatic carbocycles. The molecule has 3 heterocycles. The van der Waals surface area contributed by atoms with Crippen LogP contribution in [0.3, 0.4) is 0 Å². The number of hydrogen-bond donors (Lipinski definition) is 0. The Balaban J connectivity index is 1.62. The van der Waals surface area contributed by atoms with Gasteiger partial charge in [0.25, 0.3) is 5.91 Å². The quantitative estimate of drug-likeness (QED) is 0.570. The molecule has 4 rings (SSSR count). The van der Waals surface area contributed by atoms with Crippen molar-refractivity contribution >= 4 is 11.9 Å². The van der Waals surface area contributed by atoms with Gasteiger partial charge in [0.2, 0.25) is 0 Å². The van der Waals surface area contributed by atoms with Crippen LogP contribution in [0.25, 0.3) is 22.6 Å². The van der Waals surface area contributed by atoms with Crippen molar-refractivity contribution in [3.05, 3.63) is 66.1 Å². The fourth-order valence-electron chi connectivity index (χ4n) is 3.86. The first-order valence-electron chi connectivity index (χ1n) is 10.9. The summed E-state index contributed by atoms with van der Waals surface area (Å²) in [5.74, 6) is 0.102. The summed E-state index contributed by atoms with van der Waals surface area (Å²) < 4.78 is 5.13. The zero-order valence-electron chi connectivity index (χ0n) is 18.3. The van der Waals surface area contributed by atoms with Crippen LogP contribution in [-0.2, 0) is 9.53 Å². The average Bonchev–Trinajstić information content (AvgIpc) is 2.84. The number of amides is 1. The summed E-state index contributed by atoms with van der Waals surface area (Å²) in [5.41, 5.74) is 3.87. The van der Waals surface area contributed by atoms with Gasteiger partial charge in [-0.15, -0.1) is 0 Å². The van der Waals surface area contributed by atoms with E-state index in [0.29, 0.717) is 49.6 Å². The van der Waals surface area contributed by atoms with Crippen molar-refractivity contribution in [3.63, 3.8) is 0 Å². The Kier molecular flexibility index (Phi) is 6.54. The lowest BCUT2D eigenvalue weighted by molar-refractivity contribution is -0.149. The normalized spacial score (nSPS) is 14.2. The van der Waals surface area contributed by atoms with E-state index >= 15 is 0 Å². The maximum absolute atomic E-state index is 13.4. The molecule has 0 radical (unpaired) electrons. The zero-order chi connectivity index (χ0) is 22.5. The second-order valence-electron chi connectivity index (χ2n) is 7.88. The van der Waals surface area contributed by atoms with Gasteiger partial charge in [-0.25, -0.2) is 9.97 Å². The molecule has 3 aromatic rings. The first-order chi connectivity index (χ1) is 15.6. The van der Waals surface area contributed by atoms with Gasteiger partial charge >= 0.3 is 5.97 Å². The summed E-state index contributed by atoms with van der Waals surface area (Å²) >= 11 is 0. The molecule has 1 aromatic carbocycles. The Labute approximate surface area is 187 Å². The highest BCUT2D eigenvalue weighted by atomic mass is 16.5. The van der Waals surface area contributed by atoms with Gasteiger partial charge in [-0.3, -0.25) is 14.6 Å². The molecule has 1 fully saturated rings. The Morgan fingerprint density at radius 2 is 1.72 bits per heavy atom. The average molecular weight is 431 g/mol. The number of hydrogen-bond acceptors (Lipinski definition) is 6. The van der Waals surface area contributed by atoms with Crippen molar-refractivity contribution in [2.75, 3.05) is 19.7 Å². The number of carbonyl (C=O) groups is 2. The third-order valence-corrected chi connectivity index (χ3v) is 5.68. The molecule has 2 aromatic heterocycles. The lowest BCUT2D eigenvalue weighted by atomic mass is 9.96. The van der Waals surface area contributed by atoms with Crippen LogP contribution in [-0.4, -0.2) is 51.4 Å². The third kappa shape index (κ3) is 4.66. The van der Waals surface area contributed by atoms with Crippen LogP contribution in [0.2, 0.25) is 0 Å². The summed E-state index contributed by atoms with van der Waals surface area (Å²) in [4.78, 5) is 40.5. The number of esters is 1. The van der Waals surface area contributed by atoms with Gasteiger partial charge in [-0.1, -0.05) is 29.8 Å². The van der Waals surface area contributed by atoms with E-state index in [1.165, 1.54) is 0 Å². The van der Waals surface area contributed by atoms with Crippen LogP contribution < -0.4 is 0 Å². The summed E-state index contributed by atoms with van der Waals surface area (Å²) in [6.45, 7) is 5.20. The highest BCUT2D eigenvalue weighted by Crippen LogP contribution is 2.27. The number of rotatable bonds is 5. The van der Waals surface area contributed by atoms with E-state index in [-0.39, 0.29) is 17.8 Å². The van der Waals surface area contributed by atoms with Crippen LogP contribution in [0, 0.1) is 12.8 Å². The fourth-order valence-corrected chi connectivity index (χ4v) is 3.86. The molecule has 0 N–H and O–H groups in total. The van der Waals surface area contributed by atoms with Gasteiger partial charge in [0, 0.05) is 42.8 Å². The number of likely N-dealkylation sites (tertiary alicyclic amines) is 1. The van der Waals surface area contributed by atoms with Crippen molar-refractivity contribution in [1.82, 2.24) is 19.9 Å². The second kappa shape index (κ2) is 9.68. The minimum absolute atomic E-state index is 0.130. The molecule has 32 heavy (non-hydrogen) atoms. The summed E-state index contributed by atoms with van der Waals surface area (Å²) in [7, 11) is 0. The molecule has 0 atom stereocenters. The molecule has 7 nitrogen and oxygen atoms in total. The van der Waals surface area contributed by atoms with Gasteiger partial charge < -0.3 is 9.64 Å². The Morgan fingerprint density at radius 1 is 1.03 bits per heavy atom. The third-order valence-electron chi connectivity index (χ3n) is 5.68. The first-order valence-corrected chi connectivity index (χ1v) is 10.9. The number of piperidine rings is 1. The van der Waals surface area contributed by atoms with Gasteiger partial charge in [0.05, 0.1) is 23.8 Å². The molecular weight excluding hydrogens is 404 g/mol. The number of aryl methyl sites for hydroxylation is 1. The van der Waals surface area contributed by atoms with E-state index in [9.17, 15) is 9.59 Å². The molecular formula is C25H26N4O3. The van der Waals surface area contributed by atoms with Gasteiger partial charge in [0.1, 0.15) is 0 Å². The summed E-state index contributed by atoms with van der Waals surface area (Å²) in [6.07, 6.45) is 6.16. The van der Waals surface area contributed by atoms with Crippen LogP contribution >= 0.6 is 0 Å². The Bertz CT molecular complexity index is 1090. The first kappa shape index (κ1) is 21.6. The standard InChI is InChI=1S/C25H26N4O3/c1-3-32-25(31)20-10-14-29(15-11-20)24(30)21-16-27-23(19-6-4-17(2)5-7-19)28-22(21)18-8-12-26-13-9-18/h4-9,12-13,16,20H,3,10-11,14-15H2,1-2H3. The van der Waals surface area contributed by atoms with E-state index < -0.39 is 0 Å². The highest BCUT2D eigenvalue weighted by Gasteiger charge is 2.30. The van der Waals surface area contributed by atoms with Gasteiger partial charge in [0.15, 0.2) is 5.82 Å². The number of benzene rings is 1. The number of aromatic nitrogens is 3. The lowest BCUT2D eigenvalue weighted by Gasteiger charge is -2.31. The smallest absolute Gasteiger partial charge is 0.309 e. The summed E-state index contributed by atoms with van der Waals surface area (Å²) in [5, 5.41) is 0. The van der Waals surface area contributed by atoms with Crippen molar-refractivity contribution in [2.45, 2.75) is 26.7 Å². The molecule has 1 aliphatic heterocycles. The highest BCUT2D eigenvalue weighted by molar-refractivity contribution is 6.00. The van der Waals surface area contributed by atoms with Crippen LogP contribution in [0.4, 0.5) is 0 Å². The number of carbonyl (C=O) groups excluding carboxylic acids is 2. The van der Waals surface area contributed by atoms with E-state index in [1.807, 2.05) is 43.3 Å². The van der Waals surface area contributed by atoms with E-state index in [2.05, 4.69) is 9.97 Å². The number of nitrogens with zero attached hydrogens (tertiary/aromatic N) is 4.